The van der Waals surface area contributed by atoms with Crippen LogP contribution in [0.3, 0.4) is 0 Å². The lowest BCUT2D eigenvalue weighted by Crippen LogP contribution is -2.15. The summed E-state index contributed by atoms with van der Waals surface area (Å²) in [5, 5.41) is 10.2. The highest BCUT2D eigenvalue weighted by molar-refractivity contribution is 5.88. The van der Waals surface area contributed by atoms with E-state index in [4.69, 9.17) is 11.0 Å². The number of nitrogens with one attached hydrogen (secondary N) is 2. The maximum Gasteiger partial charge on any atom is 0.128 e. The van der Waals surface area contributed by atoms with E-state index in [1.165, 1.54) is 5.56 Å². The summed E-state index contributed by atoms with van der Waals surface area (Å²) in [5.41, 5.74) is 13.3. The van der Waals surface area contributed by atoms with Crippen LogP contribution in [0, 0.1) is 25.2 Å². The van der Waals surface area contributed by atoms with Crippen LogP contribution in [0.25, 0.3) is 21.9 Å². The molecule has 0 aliphatic rings. The summed E-state index contributed by atoms with van der Waals surface area (Å²) in [6.45, 7) is 4.16. The number of H-pyrrole nitrogens is 2. The van der Waals surface area contributed by atoms with Gasteiger partial charge in [-0.15, -0.1) is 0 Å². The number of aromatic nitrogens is 3. The quantitative estimate of drug-likeness (QED) is 0.527. The fourth-order valence-electron chi connectivity index (χ4n) is 3.40. The molecular formula is C19H17N5. The summed E-state index contributed by atoms with van der Waals surface area (Å²) in [6, 6.07) is 11.4. The number of hydrogen-bond acceptors (Lipinski definition) is 3. The number of aromatic amines is 2. The van der Waals surface area contributed by atoms with E-state index in [0.29, 0.717) is 11.4 Å². The summed E-state index contributed by atoms with van der Waals surface area (Å²) in [7, 11) is 0. The van der Waals surface area contributed by atoms with Crippen molar-refractivity contribution in [2.24, 2.45) is 5.73 Å². The van der Waals surface area contributed by atoms with Crippen LogP contribution in [-0.4, -0.2) is 15.0 Å². The van der Waals surface area contributed by atoms with Gasteiger partial charge in [0.15, 0.2) is 0 Å². The van der Waals surface area contributed by atoms with E-state index in [9.17, 15) is 0 Å². The third-order valence-corrected chi connectivity index (χ3v) is 4.52. The van der Waals surface area contributed by atoms with Crippen molar-refractivity contribution in [3.63, 3.8) is 0 Å². The summed E-state index contributed by atoms with van der Waals surface area (Å²) >= 11 is 0. The third kappa shape index (κ3) is 2.08. The fourth-order valence-corrected chi connectivity index (χ4v) is 3.40. The van der Waals surface area contributed by atoms with Gasteiger partial charge in [-0.3, -0.25) is 0 Å². The average molecular weight is 315 g/mol. The number of rotatable bonds is 2. The zero-order chi connectivity index (χ0) is 16.8. The Hall–Kier alpha value is -3.10. The first-order valence-corrected chi connectivity index (χ1v) is 7.81. The Bertz CT molecular complexity index is 1110. The van der Waals surface area contributed by atoms with Gasteiger partial charge in [-0.1, -0.05) is 6.07 Å². The molecule has 2 aromatic carbocycles. The Balaban J connectivity index is 1.89. The molecule has 4 aromatic rings. The summed E-state index contributed by atoms with van der Waals surface area (Å²) in [6.07, 6.45) is 1.94. The highest BCUT2D eigenvalue weighted by Gasteiger charge is 2.20. The maximum atomic E-state index is 9.04. The van der Waals surface area contributed by atoms with Crippen LogP contribution >= 0.6 is 0 Å². The molecule has 0 spiro atoms. The van der Waals surface area contributed by atoms with Crippen molar-refractivity contribution in [2.75, 3.05) is 0 Å². The van der Waals surface area contributed by atoms with E-state index < -0.39 is 0 Å². The summed E-state index contributed by atoms with van der Waals surface area (Å²) in [5.74, 6) is 0.703. The first-order valence-electron chi connectivity index (χ1n) is 7.81. The number of aryl methyl sites for hydroxylation is 2. The predicted molar refractivity (Wildman–Crippen MR) is 94.6 cm³/mol. The van der Waals surface area contributed by atoms with Crippen LogP contribution in [0.2, 0.25) is 0 Å². The van der Waals surface area contributed by atoms with Crippen LogP contribution in [0.4, 0.5) is 0 Å². The van der Waals surface area contributed by atoms with Gasteiger partial charge in [0.1, 0.15) is 5.82 Å². The minimum Gasteiger partial charge on any atom is -0.361 e. The SMILES string of the molecule is Cc1cc(C)c2[nH]ccc2c1C(N)c1nc2ccc(C#N)cc2[nH]1. The molecule has 0 radical (unpaired) electrons. The van der Waals surface area contributed by atoms with Gasteiger partial charge in [-0.05, 0) is 54.8 Å². The van der Waals surface area contributed by atoms with E-state index in [-0.39, 0.29) is 6.04 Å². The van der Waals surface area contributed by atoms with Crippen molar-refractivity contribution >= 4 is 21.9 Å². The molecular weight excluding hydrogens is 298 g/mol. The molecule has 5 nitrogen and oxygen atoms in total. The number of nitrogens with two attached hydrogens (primary N) is 1. The minimum atomic E-state index is -0.359. The topological polar surface area (TPSA) is 94.3 Å². The van der Waals surface area contributed by atoms with Crippen LogP contribution < -0.4 is 5.73 Å². The van der Waals surface area contributed by atoms with Crippen molar-refractivity contribution < 1.29 is 0 Å². The first-order chi connectivity index (χ1) is 11.6. The zero-order valence-corrected chi connectivity index (χ0v) is 13.5. The lowest BCUT2D eigenvalue weighted by Gasteiger charge is -2.15. The van der Waals surface area contributed by atoms with Gasteiger partial charge in [0, 0.05) is 17.1 Å². The molecule has 1 unspecified atom stereocenters. The Morgan fingerprint density at radius 2 is 2.00 bits per heavy atom. The molecule has 1 atom stereocenters. The minimum absolute atomic E-state index is 0.359. The monoisotopic (exact) mass is 315 g/mol. The van der Waals surface area contributed by atoms with Crippen LogP contribution in [0.1, 0.15) is 34.1 Å². The molecule has 0 aliphatic heterocycles. The number of nitriles is 1. The van der Waals surface area contributed by atoms with E-state index in [1.807, 2.05) is 12.3 Å². The zero-order valence-electron chi connectivity index (χ0n) is 13.5. The van der Waals surface area contributed by atoms with Crippen molar-refractivity contribution in [1.82, 2.24) is 15.0 Å². The first kappa shape index (κ1) is 14.5. The molecule has 4 N–H and O–H groups in total. The number of benzene rings is 2. The van der Waals surface area contributed by atoms with Gasteiger partial charge >= 0.3 is 0 Å². The largest absolute Gasteiger partial charge is 0.361 e. The lowest BCUT2D eigenvalue weighted by atomic mass is 9.95. The van der Waals surface area contributed by atoms with Crippen LogP contribution in [-0.2, 0) is 0 Å². The second-order valence-corrected chi connectivity index (χ2v) is 6.13. The highest BCUT2D eigenvalue weighted by Crippen LogP contribution is 2.31. The predicted octanol–water partition coefficient (Wildman–Crippen LogP) is 3.58. The molecule has 24 heavy (non-hydrogen) atoms. The molecule has 0 saturated carbocycles. The normalized spacial score (nSPS) is 12.6. The number of imidazole rings is 1. The Morgan fingerprint density at radius 3 is 2.79 bits per heavy atom. The number of nitrogens with zero attached hydrogens (tertiary/aromatic N) is 2. The van der Waals surface area contributed by atoms with Crippen molar-refractivity contribution in [3.8, 4) is 6.07 Å². The molecule has 0 saturated heterocycles. The van der Waals surface area contributed by atoms with Crippen molar-refractivity contribution in [3.05, 3.63) is 64.6 Å². The number of fused-ring (bicyclic) bond motifs is 2. The van der Waals surface area contributed by atoms with Crippen molar-refractivity contribution in [1.29, 1.82) is 5.26 Å². The molecule has 0 bridgehead atoms. The molecule has 118 valence electrons. The van der Waals surface area contributed by atoms with Gasteiger partial charge in [0.25, 0.3) is 0 Å². The third-order valence-electron chi connectivity index (χ3n) is 4.52. The van der Waals surface area contributed by atoms with E-state index in [1.54, 1.807) is 12.1 Å². The highest BCUT2D eigenvalue weighted by atomic mass is 15.0. The Labute approximate surface area is 139 Å². The second kappa shape index (κ2) is 5.22. The van der Waals surface area contributed by atoms with Gasteiger partial charge < -0.3 is 15.7 Å². The summed E-state index contributed by atoms with van der Waals surface area (Å²) in [4.78, 5) is 11.2. The summed E-state index contributed by atoms with van der Waals surface area (Å²) < 4.78 is 0. The van der Waals surface area contributed by atoms with E-state index in [0.717, 1.165) is 33.1 Å². The Kier molecular flexibility index (Phi) is 3.15. The van der Waals surface area contributed by atoms with Crippen LogP contribution in [0.15, 0.2) is 36.5 Å². The molecule has 2 aromatic heterocycles. The number of hydrogen-bond donors (Lipinski definition) is 3. The lowest BCUT2D eigenvalue weighted by molar-refractivity contribution is 0.806. The maximum absolute atomic E-state index is 9.04. The smallest absolute Gasteiger partial charge is 0.128 e. The molecule has 2 heterocycles. The average Bonchev–Trinajstić information content (AvgIpc) is 3.20. The van der Waals surface area contributed by atoms with Gasteiger partial charge in [-0.25, -0.2) is 4.98 Å². The van der Waals surface area contributed by atoms with E-state index in [2.05, 4.69) is 47.0 Å². The van der Waals surface area contributed by atoms with Crippen LogP contribution in [0.5, 0.6) is 0 Å². The standard InChI is InChI=1S/C19H17N5/c1-10-7-11(2)18-13(5-6-22-18)16(10)17(21)19-23-14-4-3-12(9-20)8-15(14)24-19/h3-8,17,22H,21H2,1-2H3,(H,23,24). The van der Waals surface area contributed by atoms with Crippen molar-refractivity contribution in [2.45, 2.75) is 19.9 Å². The molecule has 0 aliphatic carbocycles. The van der Waals surface area contributed by atoms with Gasteiger partial charge in [-0.2, -0.15) is 5.26 Å². The second-order valence-electron chi connectivity index (χ2n) is 6.13. The molecule has 0 amide bonds. The fraction of sp³-hybridized carbons (Fsp3) is 0.158. The molecule has 0 fully saturated rings. The molecule has 4 rings (SSSR count). The van der Waals surface area contributed by atoms with Gasteiger partial charge in [0.05, 0.1) is 28.7 Å². The Morgan fingerprint density at radius 1 is 1.17 bits per heavy atom. The van der Waals surface area contributed by atoms with Gasteiger partial charge in [0.2, 0.25) is 0 Å². The molecule has 5 heteroatoms. The van der Waals surface area contributed by atoms with E-state index >= 15 is 0 Å².